The number of hydrogen-bond acceptors (Lipinski definition) is 3. The first kappa shape index (κ1) is 25.6. The molecule has 0 amide bonds. The van der Waals surface area contributed by atoms with Crippen molar-refractivity contribution in [1.29, 1.82) is 0 Å². The van der Waals surface area contributed by atoms with Crippen LogP contribution < -0.4 is 0 Å². The van der Waals surface area contributed by atoms with Gasteiger partial charge in [-0.25, -0.2) is 0 Å². The van der Waals surface area contributed by atoms with E-state index in [1.807, 2.05) is 0 Å². The third kappa shape index (κ3) is 8.48. The number of aliphatic hydroxyl groups is 1. The second-order valence-corrected chi connectivity index (χ2v) is 10.2. The first-order valence-corrected chi connectivity index (χ1v) is 12.8. The van der Waals surface area contributed by atoms with E-state index in [1.54, 1.807) is 0 Å². The summed E-state index contributed by atoms with van der Waals surface area (Å²) in [7, 11) is 0. The van der Waals surface area contributed by atoms with Gasteiger partial charge in [-0.1, -0.05) is 90.7 Å². The summed E-state index contributed by atoms with van der Waals surface area (Å²) in [5.41, 5.74) is 2.28. The van der Waals surface area contributed by atoms with E-state index in [9.17, 15) is 5.11 Å². The highest BCUT2D eigenvalue weighted by Crippen LogP contribution is 2.53. The molecule has 0 aromatic heterocycles. The van der Waals surface area contributed by atoms with Crippen LogP contribution >= 0.6 is 0 Å². The molecule has 1 aliphatic carbocycles. The maximum atomic E-state index is 9.64. The molecule has 0 atom stereocenters. The number of aliphatic hydroxyl groups excluding tert-OH is 1. The van der Waals surface area contributed by atoms with Gasteiger partial charge < -0.3 is 14.6 Å². The van der Waals surface area contributed by atoms with Crippen LogP contribution in [-0.4, -0.2) is 30.7 Å². The highest BCUT2D eigenvalue weighted by Gasteiger charge is 2.58. The summed E-state index contributed by atoms with van der Waals surface area (Å²) in [6.45, 7) is 8.07. The van der Waals surface area contributed by atoms with E-state index >= 15 is 0 Å². The molecule has 3 heteroatoms. The van der Waals surface area contributed by atoms with Gasteiger partial charge in [0, 0.05) is 16.6 Å². The maximum Gasteiger partial charge on any atom is 0.217 e. The monoisotopic (exact) mass is 420 g/mol. The van der Waals surface area contributed by atoms with Crippen LogP contribution in [0.1, 0.15) is 117 Å². The van der Waals surface area contributed by atoms with Crippen molar-refractivity contribution in [2.45, 2.75) is 123 Å². The van der Waals surface area contributed by atoms with Gasteiger partial charge in [-0.15, -0.1) is 0 Å². The molecule has 1 aliphatic heterocycles. The summed E-state index contributed by atoms with van der Waals surface area (Å²) in [4.78, 5) is 0. The average Bonchev–Trinajstić information content (AvgIpc) is 3.35. The second kappa shape index (κ2) is 13.7. The molecule has 1 N–H and O–H groups in total. The van der Waals surface area contributed by atoms with Gasteiger partial charge in [0.15, 0.2) is 0 Å². The topological polar surface area (TPSA) is 38.7 Å². The van der Waals surface area contributed by atoms with Crippen LogP contribution in [0, 0.1) is 5.41 Å². The van der Waals surface area contributed by atoms with E-state index in [0.29, 0.717) is 13.2 Å². The maximum absolute atomic E-state index is 9.64. The average molecular weight is 421 g/mol. The molecular weight excluding hydrogens is 372 g/mol. The highest BCUT2D eigenvalue weighted by atomic mass is 16.7. The Balaban J connectivity index is 1.40. The van der Waals surface area contributed by atoms with Crippen molar-refractivity contribution in [3.05, 3.63) is 23.3 Å². The predicted octanol–water partition coefficient (Wildman–Crippen LogP) is 7.49. The number of unbranched alkanes of at least 4 members (excludes halogenated alkanes) is 12. The van der Waals surface area contributed by atoms with Gasteiger partial charge in [0.05, 0.1) is 19.8 Å². The lowest BCUT2D eigenvalue weighted by atomic mass is 9.95. The number of allylic oxidation sites excluding steroid dienone is 2. The summed E-state index contributed by atoms with van der Waals surface area (Å²) in [5.74, 6) is -0.619. The minimum absolute atomic E-state index is 0.0716. The summed E-state index contributed by atoms with van der Waals surface area (Å²) in [6, 6.07) is 0. The summed E-state index contributed by atoms with van der Waals surface area (Å²) < 4.78 is 12.0. The molecule has 3 nitrogen and oxygen atoms in total. The molecule has 1 saturated heterocycles. The molecule has 2 aliphatic rings. The lowest BCUT2D eigenvalue weighted by Crippen LogP contribution is -2.42. The smallest absolute Gasteiger partial charge is 0.217 e. The van der Waals surface area contributed by atoms with Gasteiger partial charge in [0.25, 0.3) is 0 Å². The molecule has 0 saturated carbocycles. The highest BCUT2D eigenvalue weighted by molar-refractivity contribution is 5.50. The summed E-state index contributed by atoms with van der Waals surface area (Å²) in [5, 5.41) is 9.64. The second-order valence-electron chi connectivity index (χ2n) is 10.2. The molecule has 0 radical (unpaired) electrons. The van der Waals surface area contributed by atoms with Gasteiger partial charge in [-0.05, 0) is 38.5 Å². The van der Waals surface area contributed by atoms with Crippen molar-refractivity contribution in [2.24, 2.45) is 5.41 Å². The van der Waals surface area contributed by atoms with Crippen molar-refractivity contribution in [1.82, 2.24) is 0 Å². The van der Waals surface area contributed by atoms with E-state index in [4.69, 9.17) is 9.47 Å². The first-order chi connectivity index (χ1) is 14.6. The standard InChI is InChI=1S/C27H48O3/c1-4-5-6-7-8-9-10-11-12-13-14-15-16-17-18-19-20-24-25(21-28)27(24)29-22-26(2,3)23-30-27/h11-12,28H,4-10,13-23H2,1-3H3/b12-11-. The van der Waals surface area contributed by atoms with Gasteiger partial charge in [0.2, 0.25) is 5.79 Å². The molecule has 1 heterocycles. The zero-order valence-electron chi connectivity index (χ0n) is 20.1. The van der Waals surface area contributed by atoms with Crippen molar-refractivity contribution in [3.63, 3.8) is 0 Å². The van der Waals surface area contributed by atoms with Crippen molar-refractivity contribution in [2.75, 3.05) is 19.8 Å². The Morgan fingerprint density at radius 1 is 0.733 bits per heavy atom. The van der Waals surface area contributed by atoms with Crippen LogP contribution in [-0.2, 0) is 9.47 Å². The van der Waals surface area contributed by atoms with Crippen LogP contribution in [0.15, 0.2) is 23.3 Å². The zero-order chi connectivity index (χ0) is 21.7. The quantitative estimate of drug-likeness (QED) is 0.196. The Hall–Kier alpha value is -0.640. The fraction of sp³-hybridized carbons (Fsp3) is 0.852. The number of rotatable bonds is 17. The molecule has 1 fully saturated rings. The number of hydrogen-bond donors (Lipinski definition) is 1. The molecular formula is C27H48O3. The van der Waals surface area contributed by atoms with E-state index in [0.717, 1.165) is 12.0 Å². The minimum Gasteiger partial charge on any atom is -0.392 e. The molecule has 1 spiro atoms. The van der Waals surface area contributed by atoms with Crippen LogP contribution in [0.5, 0.6) is 0 Å². The van der Waals surface area contributed by atoms with Gasteiger partial charge >= 0.3 is 0 Å². The van der Waals surface area contributed by atoms with Crippen LogP contribution in [0.2, 0.25) is 0 Å². The van der Waals surface area contributed by atoms with E-state index < -0.39 is 5.79 Å². The lowest BCUT2D eigenvalue weighted by molar-refractivity contribution is -0.235. The largest absolute Gasteiger partial charge is 0.392 e. The fourth-order valence-corrected chi connectivity index (χ4v) is 4.44. The predicted molar refractivity (Wildman–Crippen MR) is 127 cm³/mol. The molecule has 2 rings (SSSR count). The Morgan fingerprint density at radius 3 is 1.77 bits per heavy atom. The molecule has 174 valence electrons. The summed E-state index contributed by atoms with van der Waals surface area (Å²) in [6.07, 6.45) is 24.4. The Kier molecular flexibility index (Phi) is 11.7. The van der Waals surface area contributed by atoms with Crippen LogP contribution in [0.25, 0.3) is 0 Å². The van der Waals surface area contributed by atoms with Gasteiger partial charge in [0.1, 0.15) is 0 Å². The Bertz CT molecular complexity index is 522. The first-order valence-electron chi connectivity index (χ1n) is 12.8. The summed E-state index contributed by atoms with van der Waals surface area (Å²) >= 11 is 0. The SMILES string of the molecule is CCCCCCCC/C=C\CCCCCCCCC1=C(CO)C12OCC(C)(C)CO2. The lowest BCUT2D eigenvalue weighted by Gasteiger charge is -2.36. The van der Waals surface area contributed by atoms with E-state index in [2.05, 4.69) is 32.9 Å². The Morgan fingerprint density at radius 2 is 1.23 bits per heavy atom. The van der Waals surface area contributed by atoms with Gasteiger partial charge in [-0.2, -0.15) is 0 Å². The normalized spacial score (nSPS) is 19.9. The Labute approximate surface area is 186 Å². The van der Waals surface area contributed by atoms with Crippen molar-refractivity contribution in [3.8, 4) is 0 Å². The molecule has 0 bridgehead atoms. The van der Waals surface area contributed by atoms with Crippen LogP contribution in [0.4, 0.5) is 0 Å². The minimum atomic E-state index is -0.619. The van der Waals surface area contributed by atoms with Crippen LogP contribution in [0.3, 0.4) is 0 Å². The van der Waals surface area contributed by atoms with E-state index in [-0.39, 0.29) is 12.0 Å². The van der Waals surface area contributed by atoms with E-state index in [1.165, 1.54) is 95.5 Å². The van der Waals surface area contributed by atoms with Crippen molar-refractivity contribution < 1.29 is 14.6 Å². The fourth-order valence-electron chi connectivity index (χ4n) is 4.44. The number of ether oxygens (including phenoxy) is 2. The molecule has 0 unspecified atom stereocenters. The zero-order valence-corrected chi connectivity index (χ0v) is 20.1. The van der Waals surface area contributed by atoms with Crippen molar-refractivity contribution >= 4 is 0 Å². The van der Waals surface area contributed by atoms with Gasteiger partial charge in [-0.3, -0.25) is 0 Å². The third-order valence-corrected chi connectivity index (χ3v) is 6.53. The molecule has 0 aromatic carbocycles. The third-order valence-electron chi connectivity index (χ3n) is 6.53. The molecule has 30 heavy (non-hydrogen) atoms. The molecule has 0 aromatic rings.